The lowest BCUT2D eigenvalue weighted by atomic mass is 9.82. The van der Waals surface area contributed by atoms with Crippen molar-refractivity contribution in [1.29, 1.82) is 0 Å². The first kappa shape index (κ1) is 14.6. The summed E-state index contributed by atoms with van der Waals surface area (Å²) < 4.78 is 0. The average Bonchev–Trinajstić information content (AvgIpc) is 2.89. The van der Waals surface area contributed by atoms with Crippen LogP contribution in [-0.4, -0.2) is 16.0 Å². The summed E-state index contributed by atoms with van der Waals surface area (Å²) in [7, 11) is 0. The molecule has 0 unspecified atom stereocenters. The van der Waals surface area contributed by atoms with Crippen LogP contribution in [0.3, 0.4) is 0 Å². The molecule has 0 fully saturated rings. The summed E-state index contributed by atoms with van der Waals surface area (Å²) >= 11 is 0. The number of ketones is 1. The van der Waals surface area contributed by atoms with E-state index in [4.69, 9.17) is 0 Å². The lowest BCUT2D eigenvalue weighted by Crippen LogP contribution is -2.22. The maximum Gasteiger partial charge on any atom is 0.180 e. The Bertz CT molecular complexity index is 815. The Morgan fingerprint density at radius 1 is 1.09 bits per heavy atom. The number of carbonyl (C=O) groups excluding carboxylic acids is 1. The van der Waals surface area contributed by atoms with Crippen LogP contribution in [0.5, 0.6) is 0 Å². The van der Waals surface area contributed by atoms with E-state index in [0.717, 1.165) is 10.9 Å². The predicted octanol–water partition coefficient (Wildman–Crippen LogP) is 4.04. The number of dihydropyridines is 1. The van der Waals surface area contributed by atoms with Crippen molar-refractivity contribution in [3.05, 3.63) is 52.0 Å². The van der Waals surface area contributed by atoms with Crippen LogP contribution in [0.15, 0.2) is 40.7 Å². The van der Waals surface area contributed by atoms with Crippen LogP contribution in [0.25, 0.3) is 10.9 Å². The van der Waals surface area contributed by atoms with Gasteiger partial charge < -0.3 is 5.32 Å². The highest BCUT2D eigenvalue weighted by Crippen LogP contribution is 2.38. The van der Waals surface area contributed by atoms with Gasteiger partial charge in [-0.1, -0.05) is 6.07 Å². The van der Waals surface area contributed by atoms with E-state index in [1.165, 1.54) is 28.1 Å². The molecular formula is C18H21N3O. The fourth-order valence-electron chi connectivity index (χ4n) is 3.22. The molecule has 2 N–H and O–H groups in total. The van der Waals surface area contributed by atoms with E-state index in [1.807, 2.05) is 6.07 Å². The summed E-state index contributed by atoms with van der Waals surface area (Å²) in [6, 6.07) is 6.23. The summed E-state index contributed by atoms with van der Waals surface area (Å²) in [5.74, 6) is 0.237. The first-order valence-electron chi connectivity index (χ1n) is 7.51. The highest BCUT2D eigenvalue weighted by atomic mass is 16.1. The number of aromatic nitrogens is 2. The fourth-order valence-corrected chi connectivity index (χ4v) is 3.22. The molecule has 114 valence electrons. The number of fused-ring (bicyclic) bond motifs is 1. The maximum absolute atomic E-state index is 11.7. The first-order chi connectivity index (χ1) is 10.4. The number of benzene rings is 1. The monoisotopic (exact) mass is 295 g/mol. The van der Waals surface area contributed by atoms with Crippen LogP contribution < -0.4 is 5.32 Å². The molecule has 0 amide bonds. The van der Waals surface area contributed by atoms with Crippen LogP contribution in [0.2, 0.25) is 0 Å². The number of rotatable bonds is 2. The Labute approximate surface area is 130 Å². The number of Topliss-reactive ketones (excluding diaryl/α,β-unsaturated/α-hetero) is 1. The Kier molecular flexibility index (Phi) is 3.39. The molecule has 1 aromatic heterocycles. The van der Waals surface area contributed by atoms with Gasteiger partial charge in [-0.3, -0.25) is 9.89 Å². The van der Waals surface area contributed by atoms with Gasteiger partial charge in [-0.25, -0.2) is 0 Å². The standard InChI is InChI=1S/C18H21N3O/c1-9-11(3)19-12(4)10(2)17(9)14-6-7-16-15(8-14)18(13(5)22)21-20-16/h6-8,17,19H,1-5H3,(H,20,21). The molecular weight excluding hydrogens is 274 g/mol. The van der Waals surface area contributed by atoms with E-state index in [9.17, 15) is 4.79 Å². The molecule has 0 radical (unpaired) electrons. The van der Waals surface area contributed by atoms with Crippen LogP contribution in [0.1, 0.15) is 56.6 Å². The molecule has 3 rings (SSSR count). The lowest BCUT2D eigenvalue weighted by Gasteiger charge is -2.29. The highest BCUT2D eigenvalue weighted by molar-refractivity contribution is 6.04. The van der Waals surface area contributed by atoms with E-state index >= 15 is 0 Å². The van der Waals surface area contributed by atoms with Crippen molar-refractivity contribution in [2.45, 2.75) is 40.5 Å². The molecule has 1 aliphatic heterocycles. The van der Waals surface area contributed by atoms with E-state index in [0.29, 0.717) is 5.69 Å². The van der Waals surface area contributed by atoms with Crippen molar-refractivity contribution in [3.63, 3.8) is 0 Å². The molecule has 0 saturated carbocycles. The second-order valence-electron chi connectivity index (χ2n) is 6.11. The van der Waals surface area contributed by atoms with Crippen molar-refractivity contribution in [2.75, 3.05) is 0 Å². The van der Waals surface area contributed by atoms with Crippen LogP contribution in [0.4, 0.5) is 0 Å². The highest BCUT2D eigenvalue weighted by Gasteiger charge is 2.24. The molecule has 2 heterocycles. The van der Waals surface area contributed by atoms with Gasteiger partial charge in [-0.2, -0.15) is 5.10 Å². The average molecular weight is 295 g/mol. The molecule has 0 bridgehead atoms. The van der Waals surface area contributed by atoms with Crippen LogP contribution >= 0.6 is 0 Å². The van der Waals surface area contributed by atoms with Gasteiger partial charge in [0.15, 0.2) is 5.78 Å². The summed E-state index contributed by atoms with van der Waals surface area (Å²) in [6.07, 6.45) is 0. The predicted molar refractivity (Wildman–Crippen MR) is 88.7 cm³/mol. The Balaban J connectivity index is 2.19. The first-order valence-corrected chi connectivity index (χ1v) is 7.51. The van der Waals surface area contributed by atoms with E-state index in [-0.39, 0.29) is 11.7 Å². The van der Waals surface area contributed by atoms with Gasteiger partial charge in [0.25, 0.3) is 0 Å². The van der Waals surface area contributed by atoms with Gasteiger partial charge >= 0.3 is 0 Å². The molecule has 4 nitrogen and oxygen atoms in total. The van der Waals surface area contributed by atoms with Gasteiger partial charge in [-0.05, 0) is 56.5 Å². The van der Waals surface area contributed by atoms with Crippen molar-refractivity contribution in [3.8, 4) is 0 Å². The normalized spacial score (nSPS) is 16.4. The van der Waals surface area contributed by atoms with Crippen molar-refractivity contribution in [1.82, 2.24) is 15.5 Å². The zero-order valence-electron chi connectivity index (χ0n) is 13.7. The number of H-pyrrole nitrogens is 1. The second-order valence-corrected chi connectivity index (χ2v) is 6.11. The van der Waals surface area contributed by atoms with Gasteiger partial charge in [0, 0.05) is 29.6 Å². The van der Waals surface area contributed by atoms with Crippen molar-refractivity contribution < 1.29 is 4.79 Å². The van der Waals surface area contributed by atoms with E-state index < -0.39 is 0 Å². The smallest absolute Gasteiger partial charge is 0.180 e. The molecule has 1 aromatic carbocycles. The number of nitrogens with zero attached hydrogens (tertiary/aromatic N) is 1. The molecule has 0 spiro atoms. The van der Waals surface area contributed by atoms with Crippen molar-refractivity contribution >= 4 is 16.7 Å². The molecule has 0 aliphatic carbocycles. The third kappa shape index (κ3) is 2.15. The lowest BCUT2D eigenvalue weighted by molar-refractivity contribution is 0.101. The zero-order chi connectivity index (χ0) is 16.0. The number of allylic oxidation sites excluding steroid dienone is 4. The molecule has 0 atom stereocenters. The quantitative estimate of drug-likeness (QED) is 0.822. The fraction of sp³-hybridized carbons (Fsp3) is 0.333. The molecule has 1 aliphatic rings. The number of aromatic amines is 1. The van der Waals surface area contributed by atoms with Gasteiger partial charge in [-0.15, -0.1) is 0 Å². The Morgan fingerprint density at radius 3 is 2.32 bits per heavy atom. The van der Waals surface area contributed by atoms with Crippen molar-refractivity contribution in [2.24, 2.45) is 0 Å². The number of carbonyl (C=O) groups is 1. The Hall–Kier alpha value is -2.36. The summed E-state index contributed by atoms with van der Waals surface area (Å²) in [5, 5.41) is 11.4. The van der Waals surface area contributed by atoms with E-state index in [2.05, 4.69) is 55.3 Å². The molecule has 0 saturated heterocycles. The third-order valence-electron chi connectivity index (χ3n) is 4.68. The number of hydrogen-bond acceptors (Lipinski definition) is 3. The maximum atomic E-state index is 11.7. The SMILES string of the molecule is CC(=O)c1n[nH]c2ccc(C3C(C)=C(C)NC(C)=C3C)cc12. The second kappa shape index (κ2) is 5.13. The largest absolute Gasteiger partial charge is 0.363 e. The minimum absolute atomic E-state index is 0.0133. The summed E-state index contributed by atoms with van der Waals surface area (Å²) in [5.41, 5.74) is 7.65. The minimum atomic E-state index is -0.0133. The zero-order valence-corrected chi connectivity index (χ0v) is 13.7. The Morgan fingerprint density at radius 2 is 1.73 bits per heavy atom. The third-order valence-corrected chi connectivity index (χ3v) is 4.68. The molecule has 22 heavy (non-hydrogen) atoms. The van der Waals surface area contributed by atoms with Crippen LogP contribution in [0, 0.1) is 0 Å². The van der Waals surface area contributed by atoms with Gasteiger partial charge in [0.1, 0.15) is 5.69 Å². The number of nitrogens with one attached hydrogen (secondary N) is 2. The van der Waals surface area contributed by atoms with Crippen LogP contribution in [-0.2, 0) is 0 Å². The summed E-state index contributed by atoms with van der Waals surface area (Å²) in [4.78, 5) is 11.7. The summed E-state index contributed by atoms with van der Waals surface area (Å²) in [6.45, 7) is 10.1. The van der Waals surface area contributed by atoms with Gasteiger partial charge in [0.2, 0.25) is 0 Å². The molecule has 2 aromatic rings. The minimum Gasteiger partial charge on any atom is -0.363 e. The van der Waals surface area contributed by atoms with Gasteiger partial charge in [0.05, 0.1) is 5.52 Å². The molecule has 4 heteroatoms. The topological polar surface area (TPSA) is 57.8 Å². The van der Waals surface area contributed by atoms with E-state index in [1.54, 1.807) is 6.92 Å². The number of hydrogen-bond donors (Lipinski definition) is 2.